The highest BCUT2D eigenvalue weighted by atomic mass is 32.2. The summed E-state index contributed by atoms with van der Waals surface area (Å²) in [6.07, 6.45) is 1.34. The van der Waals surface area contributed by atoms with Crippen LogP contribution in [0.5, 0.6) is 0 Å². The molecule has 0 fully saturated rings. The van der Waals surface area contributed by atoms with Gasteiger partial charge >= 0.3 is 0 Å². The molecular weight excluding hydrogens is 431 g/mol. The third kappa shape index (κ3) is 5.80. The molecule has 2 aromatic carbocycles. The lowest BCUT2D eigenvalue weighted by atomic mass is 10.1. The fourth-order valence-electron chi connectivity index (χ4n) is 3.09. The van der Waals surface area contributed by atoms with Crippen molar-refractivity contribution in [2.45, 2.75) is 18.0 Å². The summed E-state index contributed by atoms with van der Waals surface area (Å²) >= 11 is 3.05. The highest BCUT2D eigenvalue weighted by Gasteiger charge is 2.16. The van der Waals surface area contributed by atoms with E-state index >= 15 is 0 Å². The maximum Gasteiger partial charge on any atom is 0.230 e. The molecule has 0 spiro atoms. The smallest absolute Gasteiger partial charge is 0.230 e. The Kier molecular flexibility index (Phi) is 7.11. The molecule has 2 aromatic heterocycles. The van der Waals surface area contributed by atoms with Crippen LogP contribution in [0.15, 0.2) is 77.3 Å². The van der Waals surface area contributed by atoms with Crippen LogP contribution in [-0.4, -0.2) is 33.0 Å². The third-order valence-electron chi connectivity index (χ3n) is 4.61. The van der Waals surface area contributed by atoms with Gasteiger partial charge in [0.15, 0.2) is 5.16 Å². The Bertz CT molecular complexity index is 1110. The van der Waals surface area contributed by atoms with Crippen molar-refractivity contribution in [1.82, 2.24) is 20.1 Å². The summed E-state index contributed by atoms with van der Waals surface area (Å²) in [4.78, 5) is 13.5. The number of hydrogen-bond acceptors (Lipinski definition) is 5. The Hall–Kier alpha value is -2.97. The number of benzene rings is 2. The molecule has 4 rings (SSSR count). The van der Waals surface area contributed by atoms with Gasteiger partial charge in [-0.3, -0.25) is 9.36 Å². The molecule has 0 saturated carbocycles. The van der Waals surface area contributed by atoms with Crippen molar-refractivity contribution in [1.29, 1.82) is 0 Å². The topological polar surface area (TPSA) is 59.8 Å². The number of amides is 1. The van der Waals surface area contributed by atoms with E-state index in [-0.39, 0.29) is 17.5 Å². The van der Waals surface area contributed by atoms with Crippen LogP contribution >= 0.6 is 23.1 Å². The number of aromatic nitrogens is 3. The average molecular weight is 453 g/mol. The lowest BCUT2D eigenvalue weighted by Crippen LogP contribution is -2.27. The Labute approximate surface area is 188 Å². The zero-order chi connectivity index (χ0) is 21.5. The molecule has 0 aliphatic carbocycles. The highest BCUT2D eigenvalue weighted by Crippen LogP contribution is 2.24. The third-order valence-corrected chi connectivity index (χ3v) is 6.41. The van der Waals surface area contributed by atoms with E-state index in [0.29, 0.717) is 24.5 Å². The summed E-state index contributed by atoms with van der Waals surface area (Å²) in [6.45, 7) is 0.500. The molecule has 0 radical (unpaired) electrons. The Morgan fingerprint density at radius 3 is 2.58 bits per heavy atom. The number of nitrogens with zero attached hydrogens (tertiary/aromatic N) is 3. The molecule has 0 unspecified atom stereocenters. The van der Waals surface area contributed by atoms with Gasteiger partial charge < -0.3 is 5.32 Å². The zero-order valence-corrected chi connectivity index (χ0v) is 18.3. The van der Waals surface area contributed by atoms with Crippen LogP contribution < -0.4 is 5.32 Å². The van der Waals surface area contributed by atoms with Crippen LogP contribution in [0.3, 0.4) is 0 Å². The normalized spacial score (nSPS) is 10.9. The number of thiophene rings is 1. The Morgan fingerprint density at radius 1 is 1.03 bits per heavy atom. The van der Waals surface area contributed by atoms with Crippen molar-refractivity contribution in [3.63, 3.8) is 0 Å². The van der Waals surface area contributed by atoms with E-state index < -0.39 is 0 Å². The zero-order valence-electron chi connectivity index (χ0n) is 16.7. The minimum absolute atomic E-state index is 0.0745. The van der Waals surface area contributed by atoms with Crippen molar-refractivity contribution < 1.29 is 9.18 Å². The van der Waals surface area contributed by atoms with Gasteiger partial charge in [-0.1, -0.05) is 48.2 Å². The van der Waals surface area contributed by atoms with E-state index in [4.69, 9.17) is 0 Å². The first-order valence-corrected chi connectivity index (χ1v) is 11.7. The SMILES string of the molecule is O=C(CSc1nnc(Cc2cccs2)n1-c1ccccc1)NCCc1ccc(F)cc1. The number of carbonyl (C=O) groups excluding carboxylic acids is 1. The number of nitrogens with one attached hydrogen (secondary N) is 1. The van der Waals surface area contributed by atoms with Crippen LogP contribution in [0.4, 0.5) is 4.39 Å². The van der Waals surface area contributed by atoms with Crippen molar-refractivity contribution >= 4 is 29.0 Å². The number of hydrogen-bond donors (Lipinski definition) is 1. The fourth-order valence-corrected chi connectivity index (χ4v) is 4.59. The van der Waals surface area contributed by atoms with Crippen LogP contribution in [0.2, 0.25) is 0 Å². The van der Waals surface area contributed by atoms with Gasteiger partial charge in [0.1, 0.15) is 11.6 Å². The van der Waals surface area contributed by atoms with Crippen LogP contribution in [0, 0.1) is 5.82 Å². The van der Waals surface area contributed by atoms with Gasteiger partial charge in [0.25, 0.3) is 0 Å². The van der Waals surface area contributed by atoms with Crippen LogP contribution in [0.25, 0.3) is 5.69 Å². The van der Waals surface area contributed by atoms with Gasteiger partial charge in [0.05, 0.1) is 5.75 Å². The Morgan fingerprint density at radius 2 is 1.84 bits per heavy atom. The van der Waals surface area contributed by atoms with E-state index in [9.17, 15) is 9.18 Å². The maximum atomic E-state index is 13.0. The molecule has 4 aromatic rings. The quantitative estimate of drug-likeness (QED) is 0.380. The molecule has 0 aliphatic heterocycles. The Balaban J connectivity index is 1.39. The predicted octanol–water partition coefficient (Wildman–Crippen LogP) is 4.51. The molecule has 1 amide bonds. The molecular formula is C23H21FN4OS2. The molecule has 2 heterocycles. The number of thioether (sulfide) groups is 1. The van der Waals surface area contributed by atoms with E-state index in [1.807, 2.05) is 46.3 Å². The molecule has 0 atom stereocenters. The summed E-state index contributed by atoms with van der Waals surface area (Å²) in [5.41, 5.74) is 1.95. The monoisotopic (exact) mass is 452 g/mol. The fraction of sp³-hybridized carbons (Fsp3) is 0.174. The van der Waals surface area contributed by atoms with Gasteiger partial charge in [-0.05, 0) is 47.7 Å². The first-order chi connectivity index (χ1) is 15.2. The van der Waals surface area contributed by atoms with Gasteiger partial charge in [0.2, 0.25) is 5.91 Å². The average Bonchev–Trinajstić information content (AvgIpc) is 3.44. The summed E-state index contributed by atoms with van der Waals surface area (Å²) in [5.74, 6) is 0.750. The van der Waals surface area contributed by atoms with E-state index in [0.717, 1.165) is 17.1 Å². The van der Waals surface area contributed by atoms with Gasteiger partial charge in [-0.25, -0.2) is 4.39 Å². The first-order valence-electron chi connectivity index (χ1n) is 9.85. The molecule has 1 N–H and O–H groups in total. The predicted molar refractivity (Wildman–Crippen MR) is 122 cm³/mol. The summed E-state index contributed by atoms with van der Waals surface area (Å²) in [5, 5.41) is 14.4. The second-order valence-corrected chi connectivity index (χ2v) is 8.82. The lowest BCUT2D eigenvalue weighted by molar-refractivity contribution is -0.118. The number of carbonyl (C=O) groups is 1. The molecule has 0 bridgehead atoms. The summed E-state index contributed by atoms with van der Waals surface area (Å²) in [7, 11) is 0. The molecule has 0 aliphatic rings. The van der Waals surface area contributed by atoms with Crippen LogP contribution in [-0.2, 0) is 17.6 Å². The summed E-state index contributed by atoms with van der Waals surface area (Å²) < 4.78 is 15.0. The first kappa shape index (κ1) is 21.3. The molecule has 0 saturated heterocycles. The standard InChI is InChI=1S/C23H21FN4OS2/c24-18-10-8-17(9-11-18)12-13-25-22(29)16-31-23-27-26-21(15-20-7-4-14-30-20)28(23)19-5-2-1-3-6-19/h1-11,14H,12-13,15-16H2,(H,25,29). The molecule has 158 valence electrons. The second kappa shape index (κ2) is 10.4. The van der Waals surface area contributed by atoms with Gasteiger partial charge in [-0.2, -0.15) is 0 Å². The van der Waals surface area contributed by atoms with Gasteiger partial charge in [0, 0.05) is 23.5 Å². The van der Waals surface area contributed by atoms with E-state index in [2.05, 4.69) is 21.6 Å². The number of rotatable bonds is 9. The van der Waals surface area contributed by atoms with E-state index in [1.165, 1.54) is 28.8 Å². The maximum absolute atomic E-state index is 13.0. The van der Waals surface area contributed by atoms with Crippen molar-refractivity contribution in [3.05, 3.63) is 94.2 Å². The lowest BCUT2D eigenvalue weighted by Gasteiger charge is -2.10. The minimum Gasteiger partial charge on any atom is -0.355 e. The molecule has 5 nitrogen and oxygen atoms in total. The molecule has 8 heteroatoms. The number of halogens is 1. The van der Waals surface area contributed by atoms with Gasteiger partial charge in [-0.15, -0.1) is 21.5 Å². The minimum atomic E-state index is -0.259. The van der Waals surface area contributed by atoms with Crippen molar-refractivity contribution in [2.24, 2.45) is 0 Å². The molecule has 31 heavy (non-hydrogen) atoms. The number of para-hydroxylation sites is 1. The summed E-state index contributed by atoms with van der Waals surface area (Å²) in [6, 6.07) is 20.3. The highest BCUT2D eigenvalue weighted by molar-refractivity contribution is 7.99. The van der Waals surface area contributed by atoms with Crippen LogP contribution in [0.1, 0.15) is 16.3 Å². The van der Waals surface area contributed by atoms with Crippen molar-refractivity contribution in [2.75, 3.05) is 12.3 Å². The van der Waals surface area contributed by atoms with E-state index in [1.54, 1.807) is 23.5 Å². The second-order valence-electron chi connectivity index (χ2n) is 6.84. The largest absolute Gasteiger partial charge is 0.355 e. The van der Waals surface area contributed by atoms with Crippen molar-refractivity contribution in [3.8, 4) is 5.69 Å².